The number of anilines is 1. The van der Waals surface area contributed by atoms with Crippen LogP contribution in [-0.2, 0) is 6.42 Å². The number of imidazole rings is 1. The number of carbonyl (C=O) groups excluding carboxylic acids is 2. The van der Waals surface area contributed by atoms with Gasteiger partial charge in [-0.3, -0.25) is 14.2 Å². The summed E-state index contributed by atoms with van der Waals surface area (Å²) in [7, 11) is 1.56. The van der Waals surface area contributed by atoms with Crippen molar-refractivity contribution in [3.63, 3.8) is 0 Å². The van der Waals surface area contributed by atoms with E-state index in [2.05, 4.69) is 21.5 Å². The molecule has 12 heteroatoms. The van der Waals surface area contributed by atoms with Crippen LogP contribution in [0.5, 0.6) is 11.6 Å². The van der Waals surface area contributed by atoms with Crippen molar-refractivity contribution < 1.29 is 19.4 Å². The van der Waals surface area contributed by atoms with Crippen LogP contribution < -0.4 is 15.8 Å². The van der Waals surface area contributed by atoms with Gasteiger partial charge in [0.05, 0.1) is 24.3 Å². The number of ether oxygens (including phenoxy) is 1. The minimum atomic E-state index is -0.322. The molecule has 0 unspecified atom stereocenters. The number of benzene rings is 2. The van der Waals surface area contributed by atoms with Gasteiger partial charge in [0.25, 0.3) is 5.91 Å². The molecule has 1 atom stereocenters. The van der Waals surface area contributed by atoms with Crippen LogP contribution in [0.4, 0.5) is 5.82 Å². The topological polar surface area (TPSA) is 163 Å². The Kier molecular flexibility index (Phi) is 6.50. The van der Waals surface area contributed by atoms with Gasteiger partial charge in [-0.05, 0) is 78.6 Å². The molecule has 0 spiro atoms. The van der Waals surface area contributed by atoms with Gasteiger partial charge in [-0.1, -0.05) is 6.07 Å². The Hall–Kier alpha value is -6.04. The Balaban J connectivity index is 1.29. The van der Waals surface area contributed by atoms with Gasteiger partial charge >= 0.3 is 0 Å². The molecule has 4 heterocycles. The second kappa shape index (κ2) is 10.7. The fourth-order valence-electron chi connectivity index (χ4n) is 5.58. The number of fused-ring (bicyclic) bond motifs is 2. The van der Waals surface area contributed by atoms with Gasteiger partial charge in [0.2, 0.25) is 5.88 Å². The second-order valence-electron chi connectivity index (χ2n) is 10.4. The second-order valence-corrected chi connectivity index (χ2v) is 10.4. The van der Waals surface area contributed by atoms with Crippen LogP contribution in [0, 0.1) is 0 Å². The lowest BCUT2D eigenvalue weighted by atomic mass is 10.1. The van der Waals surface area contributed by atoms with Gasteiger partial charge in [-0.2, -0.15) is 0 Å². The summed E-state index contributed by atoms with van der Waals surface area (Å²) in [5.74, 6) is 1.51. The highest BCUT2D eigenvalue weighted by molar-refractivity contribution is 5.96. The predicted molar refractivity (Wildman–Crippen MR) is 162 cm³/mol. The van der Waals surface area contributed by atoms with Crippen molar-refractivity contribution in [1.82, 2.24) is 34.6 Å². The number of rotatable bonds is 7. The number of phenols is 1. The summed E-state index contributed by atoms with van der Waals surface area (Å²) in [6.07, 6.45) is 5.38. The highest BCUT2D eigenvalue weighted by Gasteiger charge is 2.26. The molecule has 2 aromatic carbocycles. The molecule has 0 saturated carbocycles. The number of aromatic hydroxyl groups is 1. The Morgan fingerprint density at radius 2 is 2.00 bits per heavy atom. The number of nitrogen functional groups attached to an aromatic ring is 1. The fraction of sp³-hybridized carbons (Fsp3) is 0.125. The monoisotopic (exact) mass is 586 g/mol. The van der Waals surface area contributed by atoms with Gasteiger partial charge in [-0.25, -0.2) is 19.6 Å². The van der Waals surface area contributed by atoms with Crippen molar-refractivity contribution >= 4 is 29.2 Å². The van der Waals surface area contributed by atoms with E-state index in [0.717, 1.165) is 23.2 Å². The first kappa shape index (κ1) is 26.8. The van der Waals surface area contributed by atoms with E-state index in [1.165, 1.54) is 18.2 Å². The maximum absolute atomic E-state index is 13.0. The van der Waals surface area contributed by atoms with E-state index in [1.54, 1.807) is 30.3 Å². The standard InChI is InChI=1S/C32H26N8O4/c1-44-28-12-14-39(38-28)27-11-9-25-31(37-27)40(30(35-25)23-3-2-13-34-29(23)33)21-6-7-22-18(16-21)4-8-24(22)36-32(43)19-5-10-26(42)20(15-19)17-41/h2-3,5-7,9-17,24,42H,4,8H2,1H3,(H2,33,34)(H,36,43)/t24-/m0/s1. The summed E-state index contributed by atoms with van der Waals surface area (Å²) in [5, 5.41) is 17.3. The molecule has 44 heavy (non-hydrogen) atoms. The molecule has 1 amide bonds. The summed E-state index contributed by atoms with van der Waals surface area (Å²) < 4.78 is 8.83. The van der Waals surface area contributed by atoms with Gasteiger partial charge in [-0.15, -0.1) is 5.10 Å². The van der Waals surface area contributed by atoms with E-state index < -0.39 is 0 Å². The maximum atomic E-state index is 13.0. The minimum absolute atomic E-state index is 0.0650. The number of methoxy groups -OCH3 is 1. The zero-order chi connectivity index (χ0) is 30.4. The number of nitrogens with one attached hydrogen (secondary N) is 1. The molecule has 0 bridgehead atoms. The number of hydrogen-bond acceptors (Lipinski definition) is 9. The fourth-order valence-corrected chi connectivity index (χ4v) is 5.58. The van der Waals surface area contributed by atoms with E-state index >= 15 is 0 Å². The molecule has 7 rings (SSSR count). The zero-order valence-electron chi connectivity index (χ0n) is 23.5. The number of nitrogens with two attached hydrogens (primary N) is 1. The predicted octanol–water partition coefficient (Wildman–Crippen LogP) is 4.19. The van der Waals surface area contributed by atoms with Crippen LogP contribution in [0.25, 0.3) is 34.1 Å². The Morgan fingerprint density at radius 3 is 2.80 bits per heavy atom. The highest BCUT2D eigenvalue weighted by Crippen LogP contribution is 2.36. The third kappa shape index (κ3) is 4.58. The van der Waals surface area contributed by atoms with Crippen LogP contribution in [0.1, 0.15) is 44.3 Å². The van der Waals surface area contributed by atoms with Crippen molar-refractivity contribution in [2.75, 3.05) is 12.8 Å². The summed E-state index contributed by atoms with van der Waals surface area (Å²) >= 11 is 0. The highest BCUT2D eigenvalue weighted by atomic mass is 16.5. The molecule has 0 fully saturated rings. The Labute approximate surface area is 250 Å². The van der Waals surface area contributed by atoms with Gasteiger partial charge < -0.3 is 20.9 Å². The number of carbonyl (C=O) groups is 2. The number of aldehydes is 1. The first-order valence-corrected chi connectivity index (χ1v) is 13.9. The van der Waals surface area contributed by atoms with Crippen LogP contribution in [0.15, 0.2) is 79.1 Å². The summed E-state index contributed by atoms with van der Waals surface area (Å²) in [5.41, 5.74) is 11.5. The molecule has 4 N–H and O–H groups in total. The third-order valence-corrected chi connectivity index (χ3v) is 7.76. The first-order valence-electron chi connectivity index (χ1n) is 13.9. The number of aryl methyl sites for hydroxylation is 1. The molecule has 6 aromatic rings. The average molecular weight is 587 g/mol. The number of hydrogen-bond donors (Lipinski definition) is 3. The molecule has 1 aliphatic carbocycles. The molecule has 1 aliphatic rings. The molecule has 4 aromatic heterocycles. The van der Waals surface area contributed by atoms with Crippen molar-refractivity contribution in [2.24, 2.45) is 0 Å². The number of amides is 1. The van der Waals surface area contributed by atoms with E-state index in [4.69, 9.17) is 20.4 Å². The number of pyridine rings is 2. The molecule has 12 nitrogen and oxygen atoms in total. The molecule has 0 radical (unpaired) electrons. The van der Waals surface area contributed by atoms with Crippen LogP contribution in [0.2, 0.25) is 0 Å². The van der Waals surface area contributed by atoms with E-state index in [-0.39, 0.29) is 23.3 Å². The lowest BCUT2D eigenvalue weighted by Crippen LogP contribution is -2.27. The quantitative estimate of drug-likeness (QED) is 0.233. The smallest absolute Gasteiger partial charge is 0.251 e. The van der Waals surface area contributed by atoms with Crippen LogP contribution in [0.3, 0.4) is 0 Å². The van der Waals surface area contributed by atoms with Gasteiger partial charge in [0.1, 0.15) is 17.1 Å². The first-order chi connectivity index (χ1) is 21.4. The molecule has 218 valence electrons. The molecular formula is C32H26N8O4. The number of phenolic OH excluding ortho intramolecular Hbond substituents is 1. The van der Waals surface area contributed by atoms with Crippen LogP contribution >= 0.6 is 0 Å². The lowest BCUT2D eigenvalue weighted by Gasteiger charge is -2.16. The normalized spacial score (nSPS) is 14.0. The summed E-state index contributed by atoms with van der Waals surface area (Å²) in [6, 6.07) is 19.2. The van der Waals surface area contributed by atoms with Crippen molar-refractivity contribution in [3.05, 3.63) is 101 Å². The lowest BCUT2D eigenvalue weighted by molar-refractivity contribution is 0.0936. The molecule has 0 saturated heterocycles. The molecule has 0 aliphatic heterocycles. The maximum Gasteiger partial charge on any atom is 0.251 e. The SMILES string of the molecule is COc1ccn(-c2ccc3nc(-c4cccnc4N)n(-c4ccc5c(c4)CC[C@@H]5NC(=O)c4ccc(O)c(C=O)c4)c3n2)n1. The largest absolute Gasteiger partial charge is 0.507 e. The zero-order valence-corrected chi connectivity index (χ0v) is 23.5. The number of aromatic nitrogens is 6. The van der Waals surface area contributed by atoms with Gasteiger partial charge in [0.15, 0.2) is 23.6 Å². The minimum Gasteiger partial charge on any atom is -0.507 e. The van der Waals surface area contributed by atoms with Crippen molar-refractivity contribution in [3.8, 4) is 34.5 Å². The van der Waals surface area contributed by atoms with E-state index in [1.807, 2.05) is 41.0 Å². The van der Waals surface area contributed by atoms with E-state index in [0.29, 0.717) is 58.3 Å². The third-order valence-electron chi connectivity index (χ3n) is 7.76. The van der Waals surface area contributed by atoms with E-state index in [9.17, 15) is 14.7 Å². The van der Waals surface area contributed by atoms with Gasteiger partial charge in [0, 0.05) is 29.7 Å². The van der Waals surface area contributed by atoms with Crippen molar-refractivity contribution in [2.45, 2.75) is 18.9 Å². The van der Waals surface area contributed by atoms with Crippen LogP contribution in [-0.4, -0.2) is 53.7 Å². The summed E-state index contributed by atoms with van der Waals surface area (Å²) in [4.78, 5) is 38.4. The average Bonchev–Trinajstić information content (AvgIpc) is 3.78. The number of nitrogens with zero attached hydrogens (tertiary/aromatic N) is 6. The Morgan fingerprint density at radius 1 is 1.11 bits per heavy atom. The molecular weight excluding hydrogens is 560 g/mol. The Bertz CT molecular complexity index is 2080. The summed E-state index contributed by atoms with van der Waals surface area (Å²) in [6.45, 7) is 0. The van der Waals surface area contributed by atoms with Crippen molar-refractivity contribution in [1.29, 1.82) is 0 Å².